The Morgan fingerprint density at radius 3 is 2.48 bits per heavy atom. The molecular weight excluding hydrogens is 288 g/mol. The van der Waals surface area contributed by atoms with Crippen LogP contribution in [0.5, 0.6) is 5.75 Å². The van der Waals surface area contributed by atoms with Gasteiger partial charge in [-0.2, -0.15) is 0 Å². The second-order valence-corrected chi connectivity index (χ2v) is 7.61. The molecule has 0 saturated carbocycles. The molecule has 1 aromatic rings. The first-order valence-electron chi connectivity index (χ1n) is 8.54. The molecule has 1 aliphatic rings. The van der Waals surface area contributed by atoms with Crippen LogP contribution in [-0.2, 0) is 10.2 Å². The molecule has 4 nitrogen and oxygen atoms in total. The van der Waals surface area contributed by atoms with E-state index < -0.39 is 0 Å². The van der Waals surface area contributed by atoms with E-state index in [0.717, 1.165) is 37.2 Å². The first-order chi connectivity index (χ1) is 10.8. The van der Waals surface area contributed by atoms with E-state index in [1.54, 1.807) is 0 Å². The topological polar surface area (TPSA) is 55.6 Å². The predicted molar refractivity (Wildman–Crippen MR) is 93.6 cm³/mol. The van der Waals surface area contributed by atoms with Gasteiger partial charge < -0.3 is 15.4 Å². The van der Waals surface area contributed by atoms with Crippen LogP contribution in [0.1, 0.15) is 46.1 Å². The molecule has 0 aliphatic carbocycles. The molecular formula is C19H30N2O2. The average Bonchev–Trinajstić information content (AvgIpc) is 2.52. The Kier molecular flexibility index (Phi) is 5.69. The summed E-state index contributed by atoms with van der Waals surface area (Å²) in [7, 11) is 0. The first kappa shape index (κ1) is 17.8. The van der Waals surface area contributed by atoms with Crippen molar-refractivity contribution < 1.29 is 9.53 Å². The summed E-state index contributed by atoms with van der Waals surface area (Å²) in [6.07, 6.45) is 1.98. The maximum atomic E-state index is 12.4. The molecule has 1 atom stereocenters. The Bertz CT molecular complexity index is 526. The van der Waals surface area contributed by atoms with Gasteiger partial charge in [0.05, 0.1) is 0 Å². The Morgan fingerprint density at radius 1 is 1.30 bits per heavy atom. The summed E-state index contributed by atoms with van der Waals surface area (Å²) in [5.41, 5.74) is 7.08. The van der Waals surface area contributed by atoms with E-state index in [2.05, 4.69) is 33.8 Å². The Morgan fingerprint density at radius 2 is 1.91 bits per heavy atom. The van der Waals surface area contributed by atoms with Gasteiger partial charge in [0.2, 0.25) is 0 Å². The number of piperidine rings is 1. The summed E-state index contributed by atoms with van der Waals surface area (Å²) in [6.45, 7) is 10.2. The molecule has 2 rings (SSSR count). The standard InChI is InChI=1S/C19H30N2O2/c1-14(20)15-9-11-21(12-10-15)18(22)13-23-17-8-6-5-7-16(17)19(2,3)4/h5-8,14-15H,9-13,20H2,1-4H3. The maximum absolute atomic E-state index is 12.4. The number of carbonyl (C=O) groups excluding carboxylic acids is 1. The van der Waals surface area contributed by atoms with E-state index >= 15 is 0 Å². The predicted octanol–water partition coefficient (Wildman–Crippen LogP) is 2.95. The van der Waals surface area contributed by atoms with Crippen molar-refractivity contribution in [1.29, 1.82) is 0 Å². The van der Waals surface area contributed by atoms with E-state index in [1.165, 1.54) is 0 Å². The first-order valence-corrected chi connectivity index (χ1v) is 8.54. The lowest BCUT2D eigenvalue weighted by Crippen LogP contribution is -2.44. The molecule has 0 radical (unpaired) electrons. The number of ether oxygens (including phenoxy) is 1. The van der Waals surface area contributed by atoms with Gasteiger partial charge in [-0.3, -0.25) is 4.79 Å². The van der Waals surface area contributed by atoms with Gasteiger partial charge in [-0.05, 0) is 42.7 Å². The third-order valence-electron chi connectivity index (χ3n) is 4.68. The molecule has 1 heterocycles. The molecule has 0 aromatic heterocycles. The lowest BCUT2D eigenvalue weighted by atomic mass is 9.86. The molecule has 1 aliphatic heterocycles. The minimum Gasteiger partial charge on any atom is -0.483 e. The Balaban J connectivity index is 1.91. The van der Waals surface area contributed by atoms with Crippen LogP contribution < -0.4 is 10.5 Å². The van der Waals surface area contributed by atoms with Crippen molar-refractivity contribution in [2.75, 3.05) is 19.7 Å². The SMILES string of the molecule is CC(N)C1CCN(C(=O)COc2ccccc2C(C)(C)C)CC1. The van der Waals surface area contributed by atoms with E-state index in [4.69, 9.17) is 10.5 Å². The van der Waals surface area contributed by atoms with Crippen LogP contribution in [0.4, 0.5) is 0 Å². The number of hydrogen-bond acceptors (Lipinski definition) is 3. The number of para-hydroxylation sites is 1. The summed E-state index contributed by atoms with van der Waals surface area (Å²) >= 11 is 0. The van der Waals surface area contributed by atoms with Crippen molar-refractivity contribution >= 4 is 5.91 Å². The number of amides is 1. The van der Waals surface area contributed by atoms with Gasteiger partial charge >= 0.3 is 0 Å². The Labute approximate surface area is 140 Å². The number of hydrogen-bond donors (Lipinski definition) is 1. The molecule has 4 heteroatoms. The summed E-state index contributed by atoms with van der Waals surface area (Å²) in [4.78, 5) is 14.3. The van der Waals surface area contributed by atoms with Gasteiger partial charge in [0.15, 0.2) is 6.61 Å². The van der Waals surface area contributed by atoms with Crippen LogP contribution in [0.15, 0.2) is 24.3 Å². The van der Waals surface area contributed by atoms with Crippen molar-refractivity contribution in [2.24, 2.45) is 11.7 Å². The molecule has 128 valence electrons. The molecule has 1 fully saturated rings. The highest BCUT2D eigenvalue weighted by atomic mass is 16.5. The minimum absolute atomic E-state index is 0.00471. The van der Waals surface area contributed by atoms with Gasteiger partial charge in [-0.25, -0.2) is 0 Å². The summed E-state index contributed by atoms with van der Waals surface area (Å²) in [6, 6.07) is 8.17. The van der Waals surface area contributed by atoms with Crippen molar-refractivity contribution in [3.8, 4) is 5.75 Å². The van der Waals surface area contributed by atoms with E-state index in [0.29, 0.717) is 5.92 Å². The molecule has 0 spiro atoms. The van der Waals surface area contributed by atoms with Gasteiger partial charge in [0.1, 0.15) is 5.75 Å². The minimum atomic E-state index is -0.00471. The average molecular weight is 318 g/mol. The molecule has 1 saturated heterocycles. The fraction of sp³-hybridized carbons (Fsp3) is 0.632. The normalized spacial score (nSPS) is 17.9. The highest BCUT2D eigenvalue weighted by Crippen LogP contribution is 2.31. The van der Waals surface area contributed by atoms with Crippen molar-refractivity contribution in [1.82, 2.24) is 4.90 Å². The third kappa shape index (κ3) is 4.71. The van der Waals surface area contributed by atoms with Gasteiger partial charge in [-0.1, -0.05) is 39.0 Å². The fourth-order valence-corrected chi connectivity index (χ4v) is 3.12. The van der Waals surface area contributed by atoms with Crippen LogP contribution >= 0.6 is 0 Å². The number of nitrogens with two attached hydrogens (primary N) is 1. The van der Waals surface area contributed by atoms with Crippen LogP contribution in [0.3, 0.4) is 0 Å². The zero-order valence-corrected chi connectivity index (χ0v) is 14.8. The van der Waals surface area contributed by atoms with E-state index in [-0.39, 0.29) is 24.0 Å². The zero-order chi connectivity index (χ0) is 17.0. The molecule has 1 amide bonds. The highest BCUT2D eigenvalue weighted by Gasteiger charge is 2.25. The molecule has 23 heavy (non-hydrogen) atoms. The maximum Gasteiger partial charge on any atom is 0.260 e. The van der Waals surface area contributed by atoms with Gasteiger partial charge in [0, 0.05) is 19.1 Å². The summed E-state index contributed by atoms with van der Waals surface area (Å²) in [5, 5.41) is 0. The largest absolute Gasteiger partial charge is 0.483 e. The molecule has 0 bridgehead atoms. The fourth-order valence-electron chi connectivity index (χ4n) is 3.12. The van der Waals surface area contributed by atoms with Gasteiger partial charge in [0.25, 0.3) is 5.91 Å². The van der Waals surface area contributed by atoms with Crippen LogP contribution in [0.25, 0.3) is 0 Å². The highest BCUT2D eigenvalue weighted by molar-refractivity contribution is 5.77. The summed E-state index contributed by atoms with van der Waals surface area (Å²) < 4.78 is 5.84. The van der Waals surface area contributed by atoms with Crippen LogP contribution in [0.2, 0.25) is 0 Å². The number of carbonyl (C=O) groups is 1. The van der Waals surface area contributed by atoms with Crippen molar-refractivity contribution in [3.05, 3.63) is 29.8 Å². The van der Waals surface area contributed by atoms with Crippen LogP contribution in [0, 0.1) is 5.92 Å². The second-order valence-electron chi connectivity index (χ2n) is 7.61. The van der Waals surface area contributed by atoms with Gasteiger partial charge in [-0.15, -0.1) is 0 Å². The van der Waals surface area contributed by atoms with Crippen molar-refractivity contribution in [2.45, 2.75) is 52.0 Å². The second kappa shape index (κ2) is 7.35. The van der Waals surface area contributed by atoms with Crippen molar-refractivity contribution in [3.63, 3.8) is 0 Å². The number of nitrogens with zero attached hydrogens (tertiary/aromatic N) is 1. The quantitative estimate of drug-likeness (QED) is 0.928. The number of rotatable bonds is 4. The van der Waals surface area contributed by atoms with E-state index in [1.807, 2.05) is 23.1 Å². The lowest BCUT2D eigenvalue weighted by molar-refractivity contribution is -0.134. The third-order valence-corrected chi connectivity index (χ3v) is 4.68. The van der Waals surface area contributed by atoms with E-state index in [9.17, 15) is 4.79 Å². The summed E-state index contributed by atoms with van der Waals surface area (Å²) in [5.74, 6) is 1.40. The monoisotopic (exact) mass is 318 g/mol. The zero-order valence-electron chi connectivity index (χ0n) is 14.8. The number of likely N-dealkylation sites (tertiary alicyclic amines) is 1. The molecule has 2 N–H and O–H groups in total. The molecule has 1 aromatic carbocycles. The number of benzene rings is 1. The smallest absolute Gasteiger partial charge is 0.260 e. The lowest BCUT2D eigenvalue weighted by Gasteiger charge is -2.33. The molecule has 1 unspecified atom stereocenters. The Hall–Kier alpha value is -1.55. The van der Waals surface area contributed by atoms with Crippen LogP contribution in [-0.4, -0.2) is 36.5 Å².